The smallest absolute Gasteiger partial charge is 0.306 e. The first-order valence-corrected chi connectivity index (χ1v) is 8.39. The van der Waals surface area contributed by atoms with Crippen molar-refractivity contribution in [3.05, 3.63) is 58.0 Å². The summed E-state index contributed by atoms with van der Waals surface area (Å²) < 4.78 is 9.79. The summed E-state index contributed by atoms with van der Waals surface area (Å²) in [5, 5.41) is 15.8. The second-order valence-corrected chi connectivity index (χ2v) is 5.80. The number of nitro benzene ring substituents is 1. The summed E-state index contributed by atoms with van der Waals surface area (Å²) in [6.45, 7) is 1.41. The van der Waals surface area contributed by atoms with Gasteiger partial charge in [0.2, 0.25) is 0 Å². The second kappa shape index (κ2) is 9.86. The Bertz CT molecular complexity index is 862. The lowest BCUT2D eigenvalue weighted by Gasteiger charge is -2.09. The van der Waals surface area contributed by atoms with Crippen LogP contribution in [-0.4, -0.2) is 35.9 Å². The van der Waals surface area contributed by atoms with Gasteiger partial charge in [-0.3, -0.25) is 24.5 Å². The molecule has 0 aliphatic rings. The summed E-state index contributed by atoms with van der Waals surface area (Å²) in [7, 11) is 0. The number of anilines is 1. The van der Waals surface area contributed by atoms with Crippen LogP contribution in [0.1, 0.15) is 29.0 Å². The van der Waals surface area contributed by atoms with Gasteiger partial charge in [-0.2, -0.15) is 0 Å². The van der Waals surface area contributed by atoms with Crippen LogP contribution < -0.4 is 10.6 Å². The Labute approximate surface area is 160 Å². The van der Waals surface area contributed by atoms with Crippen LogP contribution in [0.15, 0.2) is 41.0 Å². The van der Waals surface area contributed by atoms with Crippen LogP contribution in [0.25, 0.3) is 0 Å². The number of non-ortho nitro benzene ring substituents is 1. The Balaban J connectivity index is 1.68. The molecular formula is C18H19N3O7. The zero-order valence-electron chi connectivity index (χ0n) is 15.1. The number of nitrogens with zero attached hydrogens (tertiary/aromatic N) is 1. The number of carbonyl (C=O) groups is 3. The summed E-state index contributed by atoms with van der Waals surface area (Å²) in [5.74, 6) is -1.41. The van der Waals surface area contributed by atoms with Gasteiger partial charge in [0.05, 0.1) is 16.9 Å². The van der Waals surface area contributed by atoms with Crippen LogP contribution in [0.2, 0.25) is 0 Å². The molecule has 0 fully saturated rings. The maximum absolute atomic E-state index is 11.9. The summed E-state index contributed by atoms with van der Waals surface area (Å²) in [4.78, 5) is 45.4. The second-order valence-electron chi connectivity index (χ2n) is 5.80. The zero-order chi connectivity index (χ0) is 20.5. The van der Waals surface area contributed by atoms with Crippen molar-refractivity contribution in [2.75, 3.05) is 18.5 Å². The number of ether oxygens (including phenoxy) is 1. The average molecular weight is 389 g/mol. The van der Waals surface area contributed by atoms with E-state index in [9.17, 15) is 24.5 Å². The Morgan fingerprint density at radius 3 is 2.71 bits per heavy atom. The highest BCUT2D eigenvalue weighted by molar-refractivity contribution is 5.94. The molecule has 0 aliphatic carbocycles. The topological polar surface area (TPSA) is 141 Å². The number of rotatable bonds is 9. The van der Waals surface area contributed by atoms with E-state index in [0.717, 1.165) is 0 Å². The molecule has 0 saturated heterocycles. The number of esters is 1. The van der Waals surface area contributed by atoms with Crippen LogP contribution in [-0.2, 0) is 14.3 Å². The Hall–Kier alpha value is -3.69. The van der Waals surface area contributed by atoms with Crippen LogP contribution >= 0.6 is 0 Å². The van der Waals surface area contributed by atoms with Gasteiger partial charge in [0.15, 0.2) is 12.4 Å². The molecule has 2 amide bonds. The molecule has 0 bridgehead atoms. The number of hydrogen-bond donors (Lipinski definition) is 2. The Kier molecular flexibility index (Phi) is 7.26. The SMILES string of the molecule is Cc1ccc([N+](=O)[O-])cc1NC(=O)COC(=O)CCCNC(=O)c1ccco1. The third-order valence-corrected chi connectivity index (χ3v) is 3.66. The molecule has 1 heterocycles. The molecule has 10 heteroatoms. The lowest BCUT2D eigenvalue weighted by molar-refractivity contribution is -0.384. The molecule has 0 aliphatic heterocycles. The molecule has 0 unspecified atom stereocenters. The number of carbonyl (C=O) groups excluding carboxylic acids is 3. The van der Waals surface area contributed by atoms with Gasteiger partial charge in [0.25, 0.3) is 17.5 Å². The van der Waals surface area contributed by atoms with Gasteiger partial charge in [-0.25, -0.2) is 0 Å². The maximum atomic E-state index is 11.9. The first kappa shape index (κ1) is 20.6. The average Bonchev–Trinajstić information content (AvgIpc) is 3.20. The van der Waals surface area contributed by atoms with Crippen LogP contribution in [0.3, 0.4) is 0 Å². The summed E-state index contributed by atoms with van der Waals surface area (Å²) in [5.41, 5.74) is 0.753. The molecule has 0 spiro atoms. The monoisotopic (exact) mass is 389 g/mol. The Morgan fingerprint density at radius 1 is 1.25 bits per heavy atom. The minimum atomic E-state index is -0.608. The fraction of sp³-hybridized carbons (Fsp3) is 0.278. The van der Waals surface area contributed by atoms with E-state index >= 15 is 0 Å². The van der Waals surface area contributed by atoms with E-state index < -0.39 is 23.4 Å². The zero-order valence-corrected chi connectivity index (χ0v) is 15.1. The largest absolute Gasteiger partial charge is 0.459 e. The maximum Gasteiger partial charge on any atom is 0.306 e. The predicted molar refractivity (Wildman–Crippen MR) is 97.7 cm³/mol. The van der Waals surface area contributed by atoms with Crippen molar-refractivity contribution in [1.82, 2.24) is 5.32 Å². The van der Waals surface area contributed by atoms with E-state index in [1.807, 2.05) is 0 Å². The lowest BCUT2D eigenvalue weighted by Crippen LogP contribution is -2.25. The van der Waals surface area contributed by atoms with Crippen molar-refractivity contribution >= 4 is 29.2 Å². The highest BCUT2D eigenvalue weighted by atomic mass is 16.6. The molecule has 148 valence electrons. The van der Waals surface area contributed by atoms with E-state index in [4.69, 9.17) is 9.15 Å². The molecular weight excluding hydrogens is 370 g/mol. The normalized spacial score (nSPS) is 10.2. The number of amides is 2. The minimum Gasteiger partial charge on any atom is -0.459 e. The molecule has 1 aromatic heterocycles. The van der Waals surface area contributed by atoms with Crippen molar-refractivity contribution < 1.29 is 28.5 Å². The minimum absolute atomic E-state index is 0.0154. The molecule has 0 saturated carbocycles. The predicted octanol–water partition coefficient (Wildman–Crippen LogP) is 2.19. The van der Waals surface area contributed by atoms with Gasteiger partial charge >= 0.3 is 5.97 Å². The molecule has 2 rings (SSSR count). The van der Waals surface area contributed by atoms with Crippen LogP contribution in [0.4, 0.5) is 11.4 Å². The van der Waals surface area contributed by atoms with Crippen molar-refractivity contribution in [3.8, 4) is 0 Å². The summed E-state index contributed by atoms with van der Waals surface area (Å²) in [6, 6.07) is 7.18. The van der Waals surface area contributed by atoms with E-state index in [2.05, 4.69) is 10.6 Å². The first-order valence-electron chi connectivity index (χ1n) is 8.39. The first-order chi connectivity index (χ1) is 13.4. The van der Waals surface area contributed by atoms with E-state index in [0.29, 0.717) is 12.0 Å². The number of furan rings is 1. The lowest BCUT2D eigenvalue weighted by atomic mass is 10.2. The fourth-order valence-corrected chi connectivity index (χ4v) is 2.19. The molecule has 0 atom stereocenters. The third kappa shape index (κ3) is 6.24. The van der Waals surface area contributed by atoms with Gasteiger partial charge in [-0.05, 0) is 31.0 Å². The van der Waals surface area contributed by atoms with Crippen molar-refractivity contribution in [2.24, 2.45) is 0 Å². The molecule has 1 aromatic carbocycles. The summed E-state index contributed by atoms with van der Waals surface area (Å²) >= 11 is 0. The summed E-state index contributed by atoms with van der Waals surface area (Å²) in [6.07, 6.45) is 1.73. The quantitative estimate of drug-likeness (QED) is 0.290. The molecule has 10 nitrogen and oxygen atoms in total. The van der Waals surface area contributed by atoms with Gasteiger partial charge in [0, 0.05) is 25.1 Å². The van der Waals surface area contributed by atoms with Crippen molar-refractivity contribution in [3.63, 3.8) is 0 Å². The van der Waals surface area contributed by atoms with E-state index in [1.165, 1.54) is 30.5 Å². The number of benzene rings is 1. The molecule has 28 heavy (non-hydrogen) atoms. The fourth-order valence-electron chi connectivity index (χ4n) is 2.19. The van der Waals surface area contributed by atoms with Gasteiger partial charge in [0.1, 0.15) is 0 Å². The molecule has 0 radical (unpaired) electrons. The van der Waals surface area contributed by atoms with Crippen LogP contribution in [0, 0.1) is 17.0 Å². The number of hydrogen-bond acceptors (Lipinski definition) is 7. The Morgan fingerprint density at radius 2 is 2.04 bits per heavy atom. The highest BCUT2D eigenvalue weighted by Crippen LogP contribution is 2.21. The highest BCUT2D eigenvalue weighted by Gasteiger charge is 2.13. The number of nitrogens with one attached hydrogen (secondary N) is 2. The molecule has 2 aromatic rings. The van der Waals surface area contributed by atoms with Crippen LogP contribution in [0.5, 0.6) is 0 Å². The third-order valence-electron chi connectivity index (χ3n) is 3.66. The van der Waals surface area contributed by atoms with Crippen molar-refractivity contribution in [2.45, 2.75) is 19.8 Å². The number of nitro groups is 1. The standard InChI is InChI=1S/C18H19N3O7/c1-12-6-7-13(21(25)26)10-14(12)20-16(22)11-28-17(23)5-2-8-19-18(24)15-4-3-9-27-15/h3-4,6-7,9-10H,2,5,8,11H2,1H3,(H,19,24)(H,20,22). The van der Waals surface area contributed by atoms with Gasteiger partial charge in [-0.15, -0.1) is 0 Å². The van der Waals surface area contributed by atoms with Gasteiger partial charge in [-0.1, -0.05) is 6.07 Å². The van der Waals surface area contributed by atoms with E-state index in [1.54, 1.807) is 13.0 Å². The van der Waals surface area contributed by atoms with Gasteiger partial charge < -0.3 is 19.8 Å². The molecule has 2 N–H and O–H groups in total. The van der Waals surface area contributed by atoms with E-state index in [-0.39, 0.29) is 36.0 Å². The number of aryl methyl sites for hydroxylation is 1. The van der Waals surface area contributed by atoms with Crippen molar-refractivity contribution in [1.29, 1.82) is 0 Å².